The number of para-hydroxylation sites is 1. The van der Waals surface area contributed by atoms with Crippen molar-refractivity contribution >= 4 is 0 Å². The molecule has 4 heteroatoms. The first-order chi connectivity index (χ1) is 10.3. The Morgan fingerprint density at radius 2 is 2.24 bits per heavy atom. The van der Waals surface area contributed by atoms with E-state index in [1.54, 1.807) is 0 Å². The molecule has 2 atom stereocenters. The highest BCUT2D eigenvalue weighted by atomic mass is 16.5. The first kappa shape index (κ1) is 14.1. The second-order valence-electron chi connectivity index (χ2n) is 5.49. The first-order valence-corrected chi connectivity index (χ1v) is 7.78. The molecule has 1 aliphatic heterocycles. The van der Waals surface area contributed by atoms with Crippen molar-refractivity contribution in [2.24, 2.45) is 5.92 Å². The summed E-state index contributed by atoms with van der Waals surface area (Å²) in [6.07, 6.45) is 4.97. The molecule has 112 valence electrons. The SMILES string of the molecule is CCNC(c1nccn1CC)C1COc2ccccc2C1. The first-order valence-electron chi connectivity index (χ1n) is 7.78. The number of nitrogens with one attached hydrogen (secondary N) is 1. The van der Waals surface area contributed by atoms with Crippen molar-refractivity contribution in [3.05, 3.63) is 48.0 Å². The second kappa shape index (κ2) is 6.31. The molecule has 0 amide bonds. The van der Waals surface area contributed by atoms with Gasteiger partial charge in [-0.05, 0) is 31.5 Å². The fraction of sp³-hybridized carbons (Fsp3) is 0.471. The van der Waals surface area contributed by atoms with Gasteiger partial charge in [0, 0.05) is 24.9 Å². The van der Waals surface area contributed by atoms with Gasteiger partial charge >= 0.3 is 0 Å². The zero-order valence-electron chi connectivity index (χ0n) is 12.7. The molecular formula is C17H23N3O. The predicted octanol–water partition coefficient (Wildman–Crippen LogP) is 2.80. The summed E-state index contributed by atoms with van der Waals surface area (Å²) >= 11 is 0. The molecule has 1 aliphatic rings. The molecule has 21 heavy (non-hydrogen) atoms. The van der Waals surface area contributed by atoms with Gasteiger partial charge in [0.05, 0.1) is 12.6 Å². The van der Waals surface area contributed by atoms with Crippen LogP contribution in [0.3, 0.4) is 0 Å². The van der Waals surface area contributed by atoms with E-state index in [-0.39, 0.29) is 6.04 Å². The summed E-state index contributed by atoms with van der Waals surface area (Å²) in [5.74, 6) is 2.56. The maximum atomic E-state index is 5.96. The van der Waals surface area contributed by atoms with E-state index in [0.29, 0.717) is 5.92 Å². The van der Waals surface area contributed by atoms with Crippen LogP contribution in [0.15, 0.2) is 36.7 Å². The van der Waals surface area contributed by atoms with Crippen molar-refractivity contribution in [1.82, 2.24) is 14.9 Å². The number of aromatic nitrogens is 2. The summed E-state index contributed by atoms with van der Waals surface area (Å²) < 4.78 is 8.17. The smallest absolute Gasteiger partial charge is 0.126 e. The molecule has 0 spiro atoms. The van der Waals surface area contributed by atoms with Crippen LogP contribution in [0.2, 0.25) is 0 Å². The predicted molar refractivity (Wildman–Crippen MR) is 83.4 cm³/mol. The topological polar surface area (TPSA) is 39.1 Å². The number of aryl methyl sites for hydroxylation is 1. The van der Waals surface area contributed by atoms with Crippen LogP contribution in [0.1, 0.15) is 31.3 Å². The van der Waals surface area contributed by atoms with Crippen LogP contribution in [0.4, 0.5) is 0 Å². The minimum atomic E-state index is 0.235. The average Bonchev–Trinajstić information content (AvgIpc) is 3.00. The van der Waals surface area contributed by atoms with Crippen LogP contribution in [-0.4, -0.2) is 22.7 Å². The van der Waals surface area contributed by atoms with Crippen molar-refractivity contribution in [3.8, 4) is 5.75 Å². The molecule has 3 rings (SSSR count). The van der Waals surface area contributed by atoms with Gasteiger partial charge in [-0.2, -0.15) is 0 Å². The lowest BCUT2D eigenvalue weighted by Crippen LogP contribution is -2.36. The highest BCUT2D eigenvalue weighted by Crippen LogP contribution is 2.33. The van der Waals surface area contributed by atoms with E-state index >= 15 is 0 Å². The molecule has 0 bridgehead atoms. The number of imidazole rings is 1. The normalized spacial score (nSPS) is 18.9. The van der Waals surface area contributed by atoms with Crippen LogP contribution >= 0.6 is 0 Å². The summed E-state index contributed by atoms with van der Waals surface area (Å²) in [4.78, 5) is 4.58. The minimum absolute atomic E-state index is 0.235. The number of rotatable bonds is 5. The lowest BCUT2D eigenvalue weighted by Gasteiger charge is -2.32. The lowest BCUT2D eigenvalue weighted by molar-refractivity contribution is 0.180. The van der Waals surface area contributed by atoms with E-state index in [9.17, 15) is 0 Å². The van der Waals surface area contributed by atoms with Crippen LogP contribution in [0, 0.1) is 5.92 Å². The molecule has 1 aromatic carbocycles. The van der Waals surface area contributed by atoms with Gasteiger partial charge in [0.25, 0.3) is 0 Å². The minimum Gasteiger partial charge on any atom is -0.493 e. The van der Waals surface area contributed by atoms with E-state index in [0.717, 1.165) is 37.7 Å². The van der Waals surface area contributed by atoms with Gasteiger partial charge in [0.1, 0.15) is 11.6 Å². The van der Waals surface area contributed by atoms with Crippen LogP contribution < -0.4 is 10.1 Å². The van der Waals surface area contributed by atoms with Gasteiger partial charge in [0.15, 0.2) is 0 Å². The summed E-state index contributed by atoms with van der Waals surface area (Å²) in [6.45, 7) is 6.91. The third kappa shape index (κ3) is 2.81. The van der Waals surface area contributed by atoms with Gasteiger partial charge in [-0.3, -0.25) is 0 Å². The molecule has 0 fully saturated rings. The van der Waals surface area contributed by atoms with Crippen molar-refractivity contribution in [1.29, 1.82) is 0 Å². The van der Waals surface area contributed by atoms with Gasteiger partial charge < -0.3 is 14.6 Å². The van der Waals surface area contributed by atoms with Gasteiger partial charge in [-0.15, -0.1) is 0 Å². The van der Waals surface area contributed by atoms with E-state index in [2.05, 4.69) is 53.1 Å². The molecular weight excluding hydrogens is 262 g/mol. The van der Waals surface area contributed by atoms with Gasteiger partial charge in [0.2, 0.25) is 0 Å². The van der Waals surface area contributed by atoms with E-state index in [4.69, 9.17) is 4.74 Å². The third-order valence-electron chi connectivity index (χ3n) is 4.17. The van der Waals surface area contributed by atoms with E-state index < -0.39 is 0 Å². The third-order valence-corrected chi connectivity index (χ3v) is 4.17. The summed E-state index contributed by atoms with van der Waals surface area (Å²) in [5.41, 5.74) is 1.30. The van der Waals surface area contributed by atoms with Crippen LogP contribution in [0.5, 0.6) is 5.75 Å². The zero-order valence-corrected chi connectivity index (χ0v) is 12.7. The summed E-state index contributed by atoms with van der Waals surface area (Å²) in [5, 5.41) is 3.60. The Labute approximate surface area is 126 Å². The molecule has 4 nitrogen and oxygen atoms in total. The van der Waals surface area contributed by atoms with Crippen molar-refractivity contribution in [2.75, 3.05) is 13.2 Å². The Bertz CT molecular complexity index is 593. The van der Waals surface area contributed by atoms with Gasteiger partial charge in [-0.1, -0.05) is 25.1 Å². The molecule has 0 aliphatic carbocycles. The molecule has 2 aromatic rings. The molecule has 0 radical (unpaired) electrons. The molecule has 2 heterocycles. The molecule has 0 saturated heterocycles. The molecule has 2 unspecified atom stereocenters. The standard InChI is InChI=1S/C17H23N3O/c1-3-18-16(17-19-9-10-20(17)4-2)14-11-13-7-5-6-8-15(13)21-12-14/h5-10,14,16,18H,3-4,11-12H2,1-2H3. The molecule has 0 saturated carbocycles. The quantitative estimate of drug-likeness (QED) is 0.918. The summed E-state index contributed by atoms with van der Waals surface area (Å²) in [6, 6.07) is 8.57. The zero-order chi connectivity index (χ0) is 14.7. The number of fused-ring (bicyclic) bond motifs is 1. The fourth-order valence-electron chi connectivity index (χ4n) is 3.12. The highest BCUT2D eigenvalue weighted by Gasteiger charge is 2.30. The Hall–Kier alpha value is -1.81. The lowest BCUT2D eigenvalue weighted by atomic mass is 9.89. The van der Waals surface area contributed by atoms with Crippen LogP contribution in [0.25, 0.3) is 0 Å². The van der Waals surface area contributed by atoms with E-state index in [1.807, 2.05) is 12.3 Å². The Balaban J connectivity index is 1.86. The number of benzene rings is 1. The molecule has 1 aromatic heterocycles. The second-order valence-corrected chi connectivity index (χ2v) is 5.49. The van der Waals surface area contributed by atoms with E-state index in [1.165, 1.54) is 5.56 Å². The molecule has 1 N–H and O–H groups in total. The number of nitrogens with zero attached hydrogens (tertiary/aromatic N) is 2. The van der Waals surface area contributed by atoms with Crippen molar-refractivity contribution < 1.29 is 4.74 Å². The largest absolute Gasteiger partial charge is 0.493 e. The monoisotopic (exact) mass is 285 g/mol. The van der Waals surface area contributed by atoms with Crippen LogP contribution in [-0.2, 0) is 13.0 Å². The Morgan fingerprint density at radius 3 is 3.05 bits per heavy atom. The van der Waals surface area contributed by atoms with Crippen molar-refractivity contribution in [2.45, 2.75) is 32.9 Å². The van der Waals surface area contributed by atoms with Gasteiger partial charge in [-0.25, -0.2) is 4.98 Å². The fourth-order valence-corrected chi connectivity index (χ4v) is 3.12. The summed E-state index contributed by atoms with van der Waals surface area (Å²) in [7, 11) is 0. The maximum Gasteiger partial charge on any atom is 0.126 e. The highest BCUT2D eigenvalue weighted by molar-refractivity contribution is 5.35. The average molecular weight is 285 g/mol. The maximum absolute atomic E-state index is 5.96. The Kier molecular flexibility index (Phi) is 4.25. The number of ether oxygens (including phenoxy) is 1. The van der Waals surface area contributed by atoms with Crippen molar-refractivity contribution in [3.63, 3.8) is 0 Å². The number of hydrogen-bond acceptors (Lipinski definition) is 3. The number of hydrogen-bond donors (Lipinski definition) is 1. The Morgan fingerprint density at radius 1 is 1.38 bits per heavy atom.